The molecule has 11 nitrogen and oxygen atoms in total. The number of nitro groups is 1. The van der Waals surface area contributed by atoms with Crippen LogP contribution in [-0.4, -0.2) is 41.5 Å². The number of nitrogens with zero attached hydrogens (tertiary/aromatic N) is 1. The summed E-state index contributed by atoms with van der Waals surface area (Å²) in [5.41, 5.74) is 1.69. The molecule has 0 aliphatic heterocycles. The van der Waals surface area contributed by atoms with Crippen LogP contribution >= 0.6 is 23.1 Å². The molecule has 0 saturated carbocycles. The molecule has 0 aliphatic carbocycles. The molecule has 0 unspecified atom stereocenters. The number of thioether (sulfide) groups is 1. The van der Waals surface area contributed by atoms with Crippen molar-refractivity contribution in [3.63, 3.8) is 0 Å². The van der Waals surface area contributed by atoms with Crippen LogP contribution in [0.4, 0.5) is 22.1 Å². The summed E-state index contributed by atoms with van der Waals surface area (Å²) >= 11 is 2.18. The summed E-state index contributed by atoms with van der Waals surface area (Å²) < 4.78 is 4.89. The van der Waals surface area contributed by atoms with Crippen LogP contribution in [0.1, 0.15) is 36.0 Å². The number of carbonyl (C=O) groups excluding carboxylic acids is 4. The van der Waals surface area contributed by atoms with E-state index in [1.54, 1.807) is 55.5 Å². The zero-order valence-corrected chi connectivity index (χ0v) is 24.0. The Morgan fingerprint density at radius 1 is 0.881 bits per heavy atom. The quantitative estimate of drug-likeness (QED) is 0.0863. The van der Waals surface area contributed by atoms with Gasteiger partial charge in [0.2, 0.25) is 5.91 Å². The lowest BCUT2D eigenvalue weighted by atomic mass is 10.1. The highest BCUT2D eigenvalue weighted by Gasteiger charge is 2.26. The fraction of sp³-hybridized carbons (Fsp3) is 0.103. The average molecular weight is 605 g/mol. The molecule has 1 aromatic heterocycles. The van der Waals surface area contributed by atoms with Gasteiger partial charge in [-0.05, 0) is 55.0 Å². The number of esters is 1. The maximum absolute atomic E-state index is 12.9. The smallest absolute Gasteiger partial charge is 0.341 e. The number of non-ortho nitro benzene ring substituents is 1. The van der Waals surface area contributed by atoms with E-state index in [2.05, 4.69) is 16.0 Å². The van der Waals surface area contributed by atoms with E-state index >= 15 is 0 Å². The van der Waals surface area contributed by atoms with Crippen molar-refractivity contribution in [2.45, 2.75) is 11.8 Å². The number of amides is 3. The normalized spacial score (nSPS) is 10.4. The van der Waals surface area contributed by atoms with Crippen molar-refractivity contribution in [2.75, 3.05) is 28.8 Å². The van der Waals surface area contributed by atoms with Crippen molar-refractivity contribution in [3.8, 4) is 0 Å². The SMILES string of the molecule is COC(=O)c1c(NC(=O)CSc2cccc(NC(=O)c3ccc([N+](=O)[O-])cc3)c2)sc(C(=O)Nc2ccccc2)c1C. The Morgan fingerprint density at radius 2 is 1.55 bits per heavy atom. The fourth-order valence-electron chi connectivity index (χ4n) is 3.79. The molecule has 4 rings (SSSR count). The summed E-state index contributed by atoms with van der Waals surface area (Å²) in [6.45, 7) is 1.61. The zero-order valence-electron chi connectivity index (χ0n) is 22.3. The number of anilines is 3. The number of para-hydroxylation sites is 1. The molecule has 0 bridgehead atoms. The van der Waals surface area contributed by atoms with Gasteiger partial charge < -0.3 is 20.7 Å². The Labute approximate surface area is 248 Å². The summed E-state index contributed by atoms with van der Waals surface area (Å²) in [5, 5.41) is 19.2. The van der Waals surface area contributed by atoms with Crippen LogP contribution in [0.25, 0.3) is 0 Å². The molecular formula is C29H24N4O7S2. The van der Waals surface area contributed by atoms with E-state index in [4.69, 9.17) is 4.74 Å². The van der Waals surface area contributed by atoms with E-state index in [-0.39, 0.29) is 32.4 Å². The van der Waals surface area contributed by atoms with Crippen LogP contribution in [0.5, 0.6) is 0 Å². The van der Waals surface area contributed by atoms with Gasteiger partial charge in [-0.3, -0.25) is 24.5 Å². The number of methoxy groups -OCH3 is 1. The van der Waals surface area contributed by atoms with Gasteiger partial charge in [0.25, 0.3) is 17.5 Å². The van der Waals surface area contributed by atoms with Gasteiger partial charge in [0.15, 0.2) is 0 Å². The molecule has 0 radical (unpaired) electrons. The first-order valence-electron chi connectivity index (χ1n) is 12.3. The summed E-state index contributed by atoms with van der Waals surface area (Å²) in [5.74, 6) is -1.98. The molecular weight excluding hydrogens is 580 g/mol. The molecule has 13 heteroatoms. The first-order valence-corrected chi connectivity index (χ1v) is 14.1. The standard InChI is InChI=1S/C29H24N4O7S2/c1-17-24(29(37)40-2)28(42-25(17)27(36)30-19-7-4-3-5-8-19)32-23(34)16-41-22-10-6-9-20(15-22)31-26(35)18-11-13-21(14-12-18)33(38)39/h3-15H,16H2,1-2H3,(H,30,36)(H,31,35)(H,32,34). The second-order valence-electron chi connectivity index (χ2n) is 8.69. The Hall–Kier alpha value is -5.01. The predicted molar refractivity (Wildman–Crippen MR) is 162 cm³/mol. The van der Waals surface area contributed by atoms with E-state index in [9.17, 15) is 29.3 Å². The lowest BCUT2D eigenvalue weighted by Gasteiger charge is -2.08. The number of hydrogen-bond acceptors (Lipinski definition) is 9. The van der Waals surface area contributed by atoms with Gasteiger partial charge in [-0.2, -0.15) is 0 Å². The molecule has 0 fully saturated rings. The van der Waals surface area contributed by atoms with E-state index in [1.807, 2.05) is 6.07 Å². The minimum absolute atomic E-state index is 0.0249. The van der Waals surface area contributed by atoms with Gasteiger partial charge >= 0.3 is 5.97 Å². The number of thiophene rings is 1. The highest BCUT2D eigenvalue weighted by Crippen LogP contribution is 2.34. The summed E-state index contributed by atoms with van der Waals surface area (Å²) in [7, 11) is 1.22. The minimum Gasteiger partial charge on any atom is -0.465 e. The van der Waals surface area contributed by atoms with Crippen molar-refractivity contribution in [3.05, 3.63) is 111 Å². The van der Waals surface area contributed by atoms with Gasteiger partial charge in [-0.25, -0.2) is 4.79 Å². The molecule has 1 heterocycles. The number of nitro benzene ring substituents is 1. The first kappa shape index (κ1) is 30.0. The molecule has 214 valence electrons. The lowest BCUT2D eigenvalue weighted by Crippen LogP contribution is -2.16. The number of ether oxygens (including phenoxy) is 1. The number of benzene rings is 3. The van der Waals surface area contributed by atoms with Gasteiger partial charge in [0, 0.05) is 34.0 Å². The van der Waals surface area contributed by atoms with Crippen LogP contribution in [0.3, 0.4) is 0 Å². The van der Waals surface area contributed by atoms with Crippen LogP contribution in [0, 0.1) is 17.0 Å². The molecule has 0 saturated heterocycles. The second kappa shape index (κ2) is 13.6. The van der Waals surface area contributed by atoms with E-state index in [0.717, 1.165) is 11.3 Å². The molecule has 4 aromatic rings. The number of nitrogens with one attached hydrogen (secondary N) is 3. The van der Waals surface area contributed by atoms with Gasteiger partial charge in [-0.15, -0.1) is 23.1 Å². The summed E-state index contributed by atoms with van der Waals surface area (Å²) in [6.07, 6.45) is 0. The zero-order chi connectivity index (χ0) is 30.2. The molecule has 3 N–H and O–H groups in total. The highest BCUT2D eigenvalue weighted by molar-refractivity contribution is 8.00. The summed E-state index contributed by atoms with van der Waals surface area (Å²) in [6, 6.07) is 20.9. The fourth-order valence-corrected chi connectivity index (χ4v) is 5.65. The van der Waals surface area contributed by atoms with E-state index in [1.165, 1.54) is 43.1 Å². The van der Waals surface area contributed by atoms with Crippen LogP contribution in [-0.2, 0) is 9.53 Å². The van der Waals surface area contributed by atoms with Crippen molar-refractivity contribution in [1.82, 2.24) is 0 Å². The topological polar surface area (TPSA) is 157 Å². The van der Waals surface area contributed by atoms with Gasteiger partial charge in [0.1, 0.15) is 5.00 Å². The van der Waals surface area contributed by atoms with Crippen molar-refractivity contribution in [1.29, 1.82) is 0 Å². The maximum Gasteiger partial charge on any atom is 0.341 e. The maximum atomic E-state index is 12.9. The third kappa shape index (κ3) is 7.38. The molecule has 42 heavy (non-hydrogen) atoms. The highest BCUT2D eigenvalue weighted by atomic mass is 32.2. The van der Waals surface area contributed by atoms with E-state index in [0.29, 0.717) is 21.8 Å². The largest absolute Gasteiger partial charge is 0.465 e. The minimum atomic E-state index is -0.679. The molecule has 0 aliphatic rings. The number of rotatable bonds is 10. The Kier molecular flexibility index (Phi) is 9.68. The van der Waals surface area contributed by atoms with Crippen molar-refractivity contribution >= 4 is 68.9 Å². The van der Waals surface area contributed by atoms with Crippen LogP contribution in [0.2, 0.25) is 0 Å². The third-order valence-electron chi connectivity index (χ3n) is 5.83. The lowest BCUT2D eigenvalue weighted by molar-refractivity contribution is -0.384. The van der Waals surface area contributed by atoms with Gasteiger partial charge in [0.05, 0.1) is 28.2 Å². The second-order valence-corrected chi connectivity index (χ2v) is 10.8. The van der Waals surface area contributed by atoms with Gasteiger partial charge in [-0.1, -0.05) is 24.3 Å². The molecule has 3 aromatic carbocycles. The van der Waals surface area contributed by atoms with Crippen molar-refractivity contribution in [2.24, 2.45) is 0 Å². The number of hydrogen-bond donors (Lipinski definition) is 3. The Morgan fingerprint density at radius 3 is 2.21 bits per heavy atom. The monoisotopic (exact) mass is 604 g/mol. The summed E-state index contributed by atoms with van der Waals surface area (Å²) in [4.78, 5) is 62.1. The van der Waals surface area contributed by atoms with E-state index < -0.39 is 28.6 Å². The molecule has 0 spiro atoms. The number of carbonyl (C=O) groups is 4. The Balaban J connectivity index is 1.41. The average Bonchev–Trinajstić information content (AvgIpc) is 3.31. The predicted octanol–water partition coefficient (Wildman–Crippen LogP) is 5.99. The van der Waals surface area contributed by atoms with Crippen LogP contribution in [0.15, 0.2) is 83.8 Å². The van der Waals surface area contributed by atoms with Crippen molar-refractivity contribution < 1.29 is 28.8 Å². The third-order valence-corrected chi connectivity index (χ3v) is 8.03. The Bertz CT molecular complexity index is 1650. The van der Waals surface area contributed by atoms with Crippen LogP contribution < -0.4 is 16.0 Å². The molecule has 3 amide bonds. The molecule has 0 atom stereocenters. The first-order chi connectivity index (χ1) is 20.2.